The van der Waals surface area contributed by atoms with E-state index in [1.165, 1.54) is 0 Å². The Hall–Kier alpha value is -3.35. The summed E-state index contributed by atoms with van der Waals surface area (Å²) in [5, 5.41) is 2.93. The highest BCUT2D eigenvalue weighted by Gasteiger charge is 2.35. The molecule has 0 spiro atoms. The molecule has 0 radical (unpaired) electrons. The van der Waals surface area contributed by atoms with E-state index in [0.717, 1.165) is 34.7 Å². The Morgan fingerprint density at radius 1 is 1.20 bits per heavy atom. The van der Waals surface area contributed by atoms with Gasteiger partial charge in [0.25, 0.3) is 0 Å². The molecule has 0 aromatic heterocycles. The lowest BCUT2D eigenvalue weighted by molar-refractivity contribution is -0.126. The van der Waals surface area contributed by atoms with Gasteiger partial charge in [0.1, 0.15) is 5.75 Å². The van der Waals surface area contributed by atoms with Gasteiger partial charge in [0.05, 0.1) is 13.0 Å². The minimum atomic E-state index is -0.394. The predicted octanol–water partition coefficient (Wildman–Crippen LogP) is 2.27. The van der Waals surface area contributed by atoms with E-state index in [-0.39, 0.29) is 24.1 Å². The van der Waals surface area contributed by atoms with Crippen LogP contribution in [0.25, 0.3) is 0 Å². The largest absolute Gasteiger partial charge is 0.496 e. The van der Waals surface area contributed by atoms with Crippen molar-refractivity contribution < 1.29 is 19.1 Å². The first kappa shape index (κ1) is 19.9. The SMILES string of the molecule is COc1ccccc1CNC(=O)[C@@H]1CC(=O)N(c2ccc3c(c2)CCN3C(C)=O)C1. The van der Waals surface area contributed by atoms with Gasteiger partial charge in [0.2, 0.25) is 17.7 Å². The number of ether oxygens (including phenoxy) is 1. The molecule has 0 bridgehead atoms. The van der Waals surface area contributed by atoms with Crippen LogP contribution in [0.4, 0.5) is 11.4 Å². The van der Waals surface area contributed by atoms with Crippen LogP contribution in [0, 0.1) is 5.92 Å². The van der Waals surface area contributed by atoms with Crippen molar-refractivity contribution in [2.24, 2.45) is 5.92 Å². The molecule has 7 nitrogen and oxygen atoms in total. The number of amides is 3. The van der Waals surface area contributed by atoms with E-state index in [0.29, 0.717) is 19.6 Å². The van der Waals surface area contributed by atoms with Crippen molar-refractivity contribution in [3.8, 4) is 5.75 Å². The summed E-state index contributed by atoms with van der Waals surface area (Å²) in [5.74, 6) is 0.147. The first-order valence-corrected chi connectivity index (χ1v) is 10.1. The van der Waals surface area contributed by atoms with Crippen LogP contribution in [-0.2, 0) is 27.3 Å². The van der Waals surface area contributed by atoms with E-state index >= 15 is 0 Å². The third kappa shape index (κ3) is 3.75. The van der Waals surface area contributed by atoms with Crippen LogP contribution in [0.15, 0.2) is 42.5 Å². The highest BCUT2D eigenvalue weighted by Crippen LogP contribution is 2.34. The Bertz CT molecular complexity index is 1000. The van der Waals surface area contributed by atoms with E-state index in [1.807, 2.05) is 42.5 Å². The van der Waals surface area contributed by atoms with E-state index in [4.69, 9.17) is 4.74 Å². The van der Waals surface area contributed by atoms with E-state index in [2.05, 4.69) is 5.32 Å². The smallest absolute Gasteiger partial charge is 0.227 e. The van der Waals surface area contributed by atoms with Gasteiger partial charge in [-0.1, -0.05) is 18.2 Å². The molecule has 3 amide bonds. The first-order valence-electron chi connectivity index (χ1n) is 10.1. The fourth-order valence-electron chi connectivity index (χ4n) is 4.19. The number of anilines is 2. The molecule has 2 heterocycles. The molecule has 0 aliphatic carbocycles. The summed E-state index contributed by atoms with van der Waals surface area (Å²) in [5.41, 5.74) is 3.64. The number of benzene rings is 2. The lowest BCUT2D eigenvalue weighted by atomic mass is 10.1. The summed E-state index contributed by atoms with van der Waals surface area (Å²) in [4.78, 5) is 40.4. The Kier molecular flexibility index (Phi) is 5.44. The maximum atomic E-state index is 12.7. The summed E-state index contributed by atoms with van der Waals surface area (Å²) >= 11 is 0. The number of hydrogen-bond donors (Lipinski definition) is 1. The third-order valence-corrected chi connectivity index (χ3v) is 5.79. The molecular weight excluding hydrogens is 382 g/mol. The van der Waals surface area contributed by atoms with E-state index in [1.54, 1.807) is 23.8 Å². The molecular formula is C23H25N3O4. The van der Waals surface area contributed by atoms with Gasteiger partial charge >= 0.3 is 0 Å². The second-order valence-corrected chi connectivity index (χ2v) is 7.67. The summed E-state index contributed by atoms with van der Waals surface area (Å²) in [7, 11) is 1.60. The lowest BCUT2D eigenvalue weighted by Gasteiger charge is -2.19. The molecule has 2 aromatic carbocycles. The molecule has 0 unspecified atom stereocenters. The number of rotatable bonds is 5. The van der Waals surface area contributed by atoms with Crippen molar-refractivity contribution in [1.29, 1.82) is 0 Å². The Morgan fingerprint density at radius 3 is 2.77 bits per heavy atom. The van der Waals surface area contributed by atoms with Crippen LogP contribution in [0.2, 0.25) is 0 Å². The normalized spacial score (nSPS) is 17.8. The van der Waals surface area contributed by atoms with Crippen LogP contribution in [0.3, 0.4) is 0 Å². The van der Waals surface area contributed by atoms with Crippen molar-refractivity contribution in [3.63, 3.8) is 0 Å². The van der Waals surface area contributed by atoms with Gasteiger partial charge in [-0.15, -0.1) is 0 Å². The van der Waals surface area contributed by atoms with Crippen LogP contribution in [0.1, 0.15) is 24.5 Å². The first-order chi connectivity index (χ1) is 14.5. The van der Waals surface area contributed by atoms with Gasteiger partial charge in [-0.05, 0) is 36.2 Å². The number of nitrogens with zero attached hydrogens (tertiary/aromatic N) is 2. The quantitative estimate of drug-likeness (QED) is 0.825. The van der Waals surface area contributed by atoms with E-state index < -0.39 is 5.92 Å². The molecule has 0 saturated carbocycles. The summed E-state index contributed by atoms with van der Waals surface area (Å²) in [6.45, 7) is 2.93. The van der Waals surface area contributed by atoms with E-state index in [9.17, 15) is 14.4 Å². The minimum Gasteiger partial charge on any atom is -0.496 e. The van der Waals surface area contributed by atoms with Gasteiger partial charge < -0.3 is 19.9 Å². The maximum absolute atomic E-state index is 12.7. The van der Waals surface area contributed by atoms with Crippen molar-refractivity contribution in [2.75, 3.05) is 30.0 Å². The van der Waals surface area contributed by atoms with Gasteiger partial charge in [-0.3, -0.25) is 14.4 Å². The second-order valence-electron chi connectivity index (χ2n) is 7.67. The highest BCUT2D eigenvalue weighted by atomic mass is 16.5. The zero-order valence-electron chi connectivity index (χ0n) is 17.2. The fourth-order valence-corrected chi connectivity index (χ4v) is 4.19. The molecule has 2 aromatic rings. The Morgan fingerprint density at radius 2 is 2.00 bits per heavy atom. The zero-order valence-corrected chi connectivity index (χ0v) is 17.2. The lowest BCUT2D eigenvalue weighted by Crippen LogP contribution is -2.32. The maximum Gasteiger partial charge on any atom is 0.227 e. The molecule has 1 saturated heterocycles. The van der Waals surface area contributed by atoms with Gasteiger partial charge in [0.15, 0.2) is 0 Å². The third-order valence-electron chi connectivity index (χ3n) is 5.79. The number of hydrogen-bond acceptors (Lipinski definition) is 4. The average Bonchev–Trinajstić information content (AvgIpc) is 3.35. The van der Waals surface area contributed by atoms with Crippen LogP contribution < -0.4 is 19.9 Å². The number of fused-ring (bicyclic) bond motifs is 1. The van der Waals surface area contributed by atoms with Crippen LogP contribution in [-0.4, -0.2) is 37.9 Å². The molecule has 1 atom stereocenters. The van der Waals surface area contributed by atoms with Gasteiger partial charge in [-0.25, -0.2) is 0 Å². The second kappa shape index (κ2) is 8.18. The number of carbonyl (C=O) groups excluding carboxylic acids is 3. The predicted molar refractivity (Wildman–Crippen MR) is 113 cm³/mol. The topological polar surface area (TPSA) is 79.0 Å². The number of nitrogens with one attached hydrogen (secondary N) is 1. The van der Waals surface area contributed by atoms with Crippen molar-refractivity contribution >= 4 is 29.1 Å². The highest BCUT2D eigenvalue weighted by molar-refractivity contribution is 6.01. The monoisotopic (exact) mass is 407 g/mol. The summed E-state index contributed by atoms with van der Waals surface area (Å²) in [6.07, 6.45) is 0.960. The molecule has 2 aliphatic rings. The Balaban J connectivity index is 1.42. The fraction of sp³-hybridized carbons (Fsp3) is 0.348. The number of para-hydroxylation sites is 1. The standard InChI is InChI=1S/C23H25N3O4/c1-15(27)25-10-9-16-11-19(7-8-20(16)25)26-14-18(12-22(26)28)23(29)24-13-17-5-3-4-6-21(17)30-2/h3-8,11,18H,9-10,12-14H2,1-2H3,(H,24,29)/t18-/m1/s1. The van der Waals surface area contributed by atoms with Crippen molar-refractivity contribution in [1.82, 2.24) is 5.32 Å². The Labute approximate surface area is 175 Å². The molecule has 4 rings (SSSR count). The molecule has 2 aliphatic heterocycles. The van der Waals surface area contributed by atoms with Gasteiger partial charge in [-0.2, -0.15) is 0 Å². The molecule has 156 valence electrons. The summed E-state index contributed by atoms with van der Waals surface area (Å²) in [6, 6.07) is 13.2. The molecule has 1 fully saturated rings. The average molecular weight is 407 g/mol. The molecule has 1 N–H and O–H groups in total. The van der Waals surface area contributed by atoms with Crippen LogP contribution >= 0.6 is 0 Å². The zero-order chi connectivity index (χ0) is 21.3. The van der Waals surface area contributed by atoms with Crippen molar-refractivity contribution in [2.45, 2.75) is 26.3 Å². The summed E-state index contributed by atoms with van der Waals surface area (Å²) < 4.78 is 5.32. The van der Waals surface area contributed by atoms with Gasteiger partial charge in [0, 0.05) is 49.9 Å². The number of carbonyl (C=O) groups is 3. The minimum absolute atomic E-state index is 0.0190. The molecule has 30 heavy (non-hydrogen) atoms. The molecule has 7 heteroatoms. The van der Waals surface area contributed by atoms with Crippen molar-refractivity contribution in [3.05, 3.63) is 53.6 Å². The van der Waals surface area contributed by atoms with Crippen LogP contribution in [0.5, 0.6) is 5.75 Å². The number of methoxy groups -OCH3 is 1.